The molecule has 1 aromatic carbocycles. The fourth-order valence-electron chi connectivity index (χ4n) is 4.35. The number of halogens is 1. The number of fused-ring (bicyclic) bond motifs is 2. The number of aromatic nitrogens is 5. The number of rotatable bonds is 6. The number of benzene rings is 1. The highest BCUT2D eigenvalue weighted by Gasteiger charge is 2.29. The van der Waals surface area contributed by atoms with Crippen LogP contribution in [-0.2, 0) is 11.3 Å². The average Bonchev–Trinajstić information content (AvgIpc) is 3.41. The van der Waals surface area contributed by atoms with E-state index in [1.807, 2.05) is 28.8 Å². The quantitative estimate of drug-likeness (QED) is 0.404. The second kappa shape index (κ2) is 7.97. The minimum atomic E-state index is -0.0461. The molecule has 1 saturated heterocycles. The van der Waals surface area contributed by atoms with Crippen molar-refractivity contribution in [1.29, 1.82) is 0 Å². The molecular weight excluding hydrogens is 474 g/mol. The first kappa shape index (κ1) is 19.9. The Bertz CT molecular complexity index is 1370. The lowest BCUT2D eigenvalue weighted by Crippen LogP contribution is -2.25. The van der Waals surface area contributed by atoms with Crippen LogP contribution in [0.2, 0.25) is 0 Å². The minimum absolute atomic E-state index is 0.0461. The molecule has 6 rings (SSSR count). The van der Waals surface area contributed by atoms with E-state index in [1.54, 1.807) is 17.0 Å². The van der Waals surface area contributed by atoms with Gasteiger partial charge in [-0.05, 0) is 49.9 Å². The number of hydrogen-bond donors (Lipinski definition) is 0. The van der Waals surface area contributed by atoms with E-state index < -0.39 is 0 Å². The van der Waals surface area contributed by atoms with E-state index in [4.69, 9.17) is 19.4 Å². The average molecular weight is 496 g/mol. The monoisotopic (exact) mass is 495 g/mol. The smallest absolute Gasteiger partial charge is 0.329 e. The lowest BCUT2D eigenvalue weighted by molar-refractivity contribution is 0.0668. The highest BCUT2D eigenvalue weighted by Crippen LogP contribution is 2.36. The van der Waals surface area contributed by atoms with Gasteiger partial charge in [-0.2, -0.15) is 4.98 Å². The van der Waals surface area contributed by atoms with E-state index in [9.17, 15) is 4.79 Å². The number of ether oxygens (including phenoxy) is 2. The molecule has 3 aromatic heterocycles. The molecule has 0 N–H and O–H groups in total. The van der Waals surface area contributed by atoms with Gasteiger partial charge < -0.3 is 9.47 Å². The molecule has 0 amide bonds. The van der Waals surface area contributed by atoms with Crippen LogP contribution in [0.3, 0.4) is 0 Å². The molecule has 2 fully saturated rings. The molecule has 4 heterocycles. The summed E-state index contributed by atoms with van der Waals surface area (Å²) in [5, 5.41) is 0.837. The maximum absolute atomic E-state index is 13.3. The Kier molecular flexibility index (Phi) is 4.95. The summed E-state index contributed by atoms with van der Waals surface area (Å²) in [6.45, 7) is 1.48. The maximum atomic E-state index is 13.3. The molecule has 0 spiro atoms. The van der Waals surface area contributed by atoms with Crippen LogP contribution in [0, 0.1) is 0 Å². The minimum Gasteiger partial charge on any atom is -0.474 e. The zero-order chi connectivity index (χ0) is 21.7. The van der Waals surface area contributed by atoms with Crippen LogP contribution in [0.15, 0.2) is 45.9 Å². The molecule has 1 saturated carbocycles. The zero-order valence-electron chi connectivity index (χ0n) is 17.4. The normalized spacial score (nSPS) is 18.6. The van der Waals surface area contributed by atoms with E-state index in [0.717, 1.165) is 58.7 Å². The fourth-order valence-corrected chi connectivity index (χ4v) is 4.70. The summed E-state index contributed by atoms with van der Waals surface area (Å²) in [4.78, 5) is 27.0. The lowest BCUT2D eigenvalue weighted by atomic mass is 10.2. The van der Waals surface area contributed by atoms with E-state index in [-0.39, 0.29) is 24.4 Å². The van der Waals surface area contributed by atoms with Gasteiger partial charge in [0.25, 0.3) is 0 Å². The van der Waals surface area contributed by atoms with Crippen LogP contribution < -0.4 is 10.4 Å². The Morgan fingerprint density at radius 2 is 2.06 bits per heavy atom. The third-order valence-electron chi connectivity index (χ3n) is 6.08. The van der Waals surface area contributed by atoms with Gasteiger partial charge in [0.1, 0.15) is 6.61 Å². The Balaban J connectivity index is 1.41. The van der Waals surface area contributed by atoms with Crippen molar-refractivity contribution in [3.8, 4) is 5.88 Å². The van der Waals surface area contributed by atoms with Gasteiger partial charge in [0, 0.05) is 23.3 Å². The molecule has 32 heavy (non-hydrogen) atoms. The van der Waals surface area contributed by atoms with Crippen molar-refractivity contribution in [1.82, 2.24) is 24.1 Å². The second-order valence-electron chi connectivity index (χ2n) is 8.39. The molecule has 8 nitrogen and oxygen atoms in total. The number of imidazole rings is 1. The number of pyridine rings is 1. The first-order valence-electron chi connectivity index (χ1n) is 10.9. The van der Waals surface area contributed by atoms with Crippen molar-refractivity contribution in [2.45, 2.75) is 44.4 Å². The van der Waals surface area contributed by atoms with Crippen molar-refractivity contribution in [3.63, 3.8) is 0 Å². The third-order valence-corrected chi connectivity index (χ3v) is 6.57. The largest absolute Gasteiger partial charge is 0.474 e. The maximum Gasteiger partial charge on any atom is 0.329 e. The van der Waals surface area contributed by atoms with E-state index in [0.29, 0.717) is 18.3 Å². The molecule has 9 heteroatoms. The first-order valence-corrected chi connectivity index (χ1v) is 11.7. The molecule has 0 radical (unpaired) electrons. The van der Waals surface area contributed by atoms with E-state index in [1.165, 1.54) is 0 Å². The van der Waals surface area contributed by atoms with Gasteiger partial charge in [0.2, 0.25) is 5.88 Å². The van der Waals surface area contributed by atoms with Crippen LogP contribution in [0.4, 0.5) is 0 Å². The number of hydrogen-bond acceptors (Lipinski definition) is 6. The molecule has 1 aliphatic carbocycles. The third kappa shape index (κ3) is 3.59. The van der Waals surface area contributed by atoms with E-state index in [2.05, 4.69) is 20.9 Å². The molecule has 4 aromatic rings. The predicted octanol–water partition coefficient (Wildman–Crippen LogP) is 3.84. The molecule has 1 unspecified atom stereocenters. The molecule has 0 bridgehead atoms. The highest BCUT2D eigenvalue weighted by atomic mass is 79.9. The van der Waals surface area contributed by atoms with Gasteiger partial charge in [0.05, 0.1) is 40.8 Å². The number of nitrogens with zero attached hydrogens (tertiary/aromatic N) is 5. The SMILES string of the molecule is O=c1n(Cc2nc(OCC3CCCO3)c3ccc(Br)cc3n2)c2cnccc2n1C1CC1. The summed E-state index contributed by atoms with van der Waals surface area (Å²) < 4.78 is 16.3. The second-order valence-corrected chi connectivity index (χ2v) is 9.30. The molecule has 2 aliphatic rings. The lowest BCUT2D eigenvalue weighted by Gasteiger charge is -2.14. The molecule has 1 atom stereocenters. The zero-order valence-corrected chi connectivity index (χ0v) is 19.0. The Labute approximate surface area is 192 Å². The van der Waals surface area contributed by atoms with Crippen molar-refractivity contribution in [3.05, 3.63) is 57.4 Å². The van der Waals surface area contributed by atoms with Crippen molar-refractivity contribution in [2.24, 2.45) is 0 Å². The molecule has 1 aliphatic heterocycles. The Morgan fingerprint density at radius 1 is 1.16 bits per heavy atom. The van der Waals surface area contributed by atoms with Gasteiger partial charge in [0.15, 0.2) is 5.82 Å². The van der Waals surface area contributed by atoms with Crippen LogP contribution >= 0.6 is 15.9 Å². The summed E-state index contributed by atoms with van der Waals surface area (Å²) in [5.74, 6) is 1.05. The van der Waals surface area contributed by atoms with Gasteiger partial charge in [-0.25, -0.2) is 9.78 Å². The summed E-state index contributed by atoms with van der Waals surface area (Å²) in [7, 11) is 0. The van der Waals surface area contributed by atoms with E-state index >= 15 is 0 Å². The summed E-state index contributed by atoms with van der Waals surface area (Å²) in [6, 6.07) is 8.01. The van der Waals surface area contributed by atoms with Gasteiger partial charge in [-0.15, -0.1) is 0 Å². The Morgan fingerprint density at radius 3 is 2.88 bits per heavy atom. The molecule has 164 valence electrons. The summed E-state index contributed by atoms with van der Waals surface area (Å²) >= 11 is 3.52. The van der Waals surface area contributed by atoms with Crippen molar-refractivity contribution >= 4 is 37.9 Å². The van der Waals surface area contributed by atoms with Crippen molar-refractivity contribution < 1.29 is 9.47 Å². The van der Waals surface area contributed by atoms with Crippen molar-refractivity contribution in [2.75, 3.05) is 13.2 Å². The van der Waals surface area contributed by atoms with Crippen LogP contribution in [0.25, 0.3) is 21.9 Å². The topological polar surface area (TPSA) is 84.1 Å². The van der Waals surface area contributed by atoms with Crippen LogP contribution in [0.1, 0.15) is 37.5 Å². The van der Waals surface area contributed by atoms with Crippen LogP contribution in [-0.4, -0.2) is 43.4 Å². The van der Waals surface area contributed by atoms with Gasteiger partial charge in [-0.1, -0.05) is 15.9 Å². The first-order chi connectivity index (χ1) is 15.7. The standard InChI is InChI=1S/C23H22BrN5O3/c24-14-3-6-17-18(10-14)26-21(27-22(17)32-13-16-2-1-9-31-16)12-28-20-11-25-8-7-19(20)29(23(28)30)15-4-5-15/h3,6-8,10-11,15-16H,1-2,4-5,9,12-13H2. The summed E-state index contributed by atoms with van der Waals surface area (Å²) in [5.41, 5.74) is 2.43. The predicted molar refractivity (Wildman–Crippen MR) is 123 cm³/mol. The van der Waals surface area contributed by atoms with Gasteiger partial charge >= 0.3 is 5.69 Å². The highest BCUT2D eigenvalue weighted by molar-refractivity contribution is 9.10. The van der Waals surface area contributed by atoms with Gasteiger partial charge in [-0.3, -0.25) is 14.1 Å². The fraction of sp³-hybridized carbons (Fsp3) is 0.391. The van der Waals surface area contributed by atoms with Crippen LogP contribution in [0.5, 0.6) is 5.88 Å². The molecular formula is C23H22BrN5O3. The Hall–Kier alpha value is -2.78. The summed E-state index contributed by atoms with van der Waals surface area (Å²) in [6.07, 6.45) is 7.66.